The van der Waals surface area contributed by atoms with Gasteiger partial charge < -0.3 is 10.1 Å². The molecule has 1 aliphatic heterocycles. The number of aryl methyl sites for hydroxylation is 1. The van der Waals surface area contributed by atoms with Crippen LogP contribution in [0.1, 0.15) is 5.56 Å². The molecule has 2 aromatic carbocycles. The van der Waals surface area contributed by atoms with Gasteiger partial charge in [-0.25, -0.2) is 4.90 Å². The average Bonchev–Trinajstić information content (AvgIpc) is 2.80. The maximum atomic E-state index is 12.7. The molecule has 0 fully saturated rings. The number of hydrogen-bond acceptors (Lipinski definition) is 4. The smallest absolute Gasteiger partial charge is 0.283 e. The molecule has 0 unspecified atom stereocenters. The predicted octanol–water partition coefficient (Wildman–Crippen LogP) is 3.44. The normalized spacial score (nSPS) is 14.4. The van der Waals surface area contributed by atoms with E-state index in [0.717, 1.165) is 10.5 Å². The third-order valence-electron chi connectivity index (χ3n) is 3.67. The number of benzene rings is 2. The molecule has 122 valence electrons. The second kappa shape index (κ2) is 6.37. The Balaban J connectivity index is 1.94. The summed E-state index contributed by atoms with van der Waals surface area (Å²) in [6, 6.07) is 14.2. The standard InChI is InChI=1S/C18H15ClN2O3/c1-11-7-9-12(10-8-11)20-16-15(19)17(22)21(18(16)23)13-5-3-4-6-14(13)24-2/h3-10,20H,1-2H3. The van der Waals surface area contributed by atoms with Crippen molar-refractivity contribution in [3.63, 3.8) is 0 Å². The van der Waals surface area contributed by atoms with Gasteiger partial charge in [0.15, 0.2) is 0 Å². The zero-order valence-electron chi connectivity index (χ0n) is 13.2. The second-order valence-corrected chi connectivity index (χ2v) is 5.68. The van der Waals surface area contributed by atoms with E-state index in [2.05, 4.69) is 5.32 Å². The number of methoxy groups -OCH3 is 1. The number of carbonyl (C=O) groups excluding carboxylic acids is 2. The Hall–Kier alpha value is -2.79. The fourth-order valence-corrected chi connectivity index (χ4v) is 2.64. The molecule has 1 aliphatic rings. The molecular formula is C18H15ClN2O3. The van der Waals surface area contributed by atoms with Crippen molar-refractivity contribution < 1.29 is 14.3 Å². The molecule has 0 aliphatic carbocycles. The fourth-order valence-electron chi connectivity index (χ4n) is 2.43. The van der Waals surface area contributed by atoms with Crippen LogP contribution in [0.3, 0.4) is 0 Å². The van der Waals surface area contributed by atoms with Crippen LogP contribution in [0.2, 0.25) is 0 Å². The Kier molecular flexibility index (Phi) is 4.27. The number of halogens is 1. The number of nitrogens with zero attached hydrogens (tertiary/aromatic N) is 1. The van der Waals surface area contributed by atoms with Crippen molar-refractivity contribution in [2.45, 2.75) is 6.92 Å². The summed E-state index contributed by atoms with van der Waals surface area (Å²) < 4.78 is 5.23. The molecule has 0 saturated carbocycles. The van der Waals surface area contributed by atoms with E-state index in [1.54, 1.807) is 24.3 Å². The Morgan fingerprint density at radius 2 is 1.67 bits per heavy atom. The van der Waals surface area contributed by atoms with Gasteiger partial charge in [0.05, 0.1) is 12.8 Å². The topological polar surface area (TPSA) is 58.6 Å². The molecule has 24 heavy (non-hydrogen) atoms. The number of carbonyl (C=O) groups is 2. The van der Waals surface area contributed by atoms with Crippen molar-refractivity contribution in [3.05, 3.63) is 64.8 Å². The fraction of sp³-hybridized carbons (Fsp3) is 0.111. The predicted molar refractivity (Wildman–Crippen MR) is 93.2 cm³/mol. The van der Waals surface area contributed by atoms with Crippen LogP contribution >= 0.6 is 11.6 Å². The average molecular weight is 343 g/mol. The summed E-state index contributed by atoms with van der Waals surface area (Å²) in [7, 11) is 1.48. The number of ether oxygens (including phenoxy) is 1. The minimum atomic E-state index is -0.583. The lowest BCUT2D eigenvalue weighted by Crippen LogP contribution is -2.32. The van der Waals surface area contributed by atoms with Crippen LogP contribution in [0.5, 0.6) is 5.75 Å². The minimum Gasteiger partial charge on any atom is -0.495 e. The van der Waals surface area contributed by atoms with Crippen LogP contribution in [0.15, 0.2) is 59.3 Å². The van der Waals surface area contributed by atoms with Crippen molar-refractivity contribution in [1.82, 2.24) is 0 Å². The first-order valence-electron chi connectivity index (χ1n) is 7.28. The monoisotopic (exact) mass is 342 g/mol. The van der Waals surface area contributed by atoms with Crippen molar-refractivity contribution in [3.8, 4) is 5.75 Å². The molecule has 5 nitrogen and oxygen atoms in total. The van der Waals surface area contributed by atoms with Crippen molar-refractivity contribution in [2.24, 2.45) is 0 Å². The first kappa shape index (κ1) is 16.1. The highest BCUT2D eigenvalue weighted by Gasteiger charge is 2.40. The summed E-state index contributed by atoms with van der Waals surface area (Å²) in [4.78, 5) is 26.2. The van der Waals surface area contributed by atoms with E-state index in [4.69, 9.17) is 16.3 Å². The second-order valence-electron chi connectivity index (χ2n) is 5.30. The van der Waals surface area contributed by atoms with E-state index in [-0.39, 0.29) is 10.7 Å². The van der Waals surface area contributed by atoms with Gasteiger partial charge in [-0.3, -0.25) is 9.59 Å². The van der Waals surface area contributed by atoms with Gasteiger partial charge in [-0.1, -0.05) is 41.4 Å². The van der Waals surface area contributed by atoms with Crippen LogP contribution < -0.4 is 15.0 Å². The maximum Gasteiger partial charge on any atom is 0.283 e. The van der Waals surface area contributed by atoms with E-state index < -0.39 is 11.8 Å². The first-order chi connectivity index (χ1) is 11.5. The third-order valence-corrected chi connectivity index (χ3v) is 4.02. The molecule has 2 aromatic rings. The largest absolute Gasteiger partial charge is 0.495 e. The summed E-state index contributed by atoms with van der Waals surface area (Å²) in [6.07, 6.45) is 0. The van der Waals surface area contributed by atoms with Crippen LogP contribution in [0.4, 0.5) is 11.4 Å². The summed E-state index contributed by atoms with van der Waals surface area (Å²) in [5.41, 5.74) is 2.17. The number of imide groups is 1. The highest BCUT2D eigenvalue weighted by Crippen LogP contribution is 2.35. The van der Waals surface area contributed by atoms with Gasteiger partial charge >= 0.3 is 0 Å². The van der Waals surface area contributed by atoms with Crippen LogP contribution in [0, 0.1) is 6.92 Å². The van der Waals surface area contributed by atoms with E-state index in [1.807, 2.05) is 31.2 Å². The van der Waals surface area contributed by atoms with Crippen LogP contribution in [0.25, 0.3) is 0 Å². The Bertz CT molecular complexity index is 844. The number of para-hydroxylation sites is 2. The molecule has 0 atom stereocenters. The molecule has 1 heterocycles. The summed E-state index contributed by atoms with van der Waals surface area (Å²) in [5.74, 6) is -0.684. The molecule has 2 amide bonds. The van der Waals surface area contributed by atoms with Gasteiger partial charge in [0.1, 0.15) is 16.5 Å². The molecular weight excluding hydrogens is 328 g/mol. The summed E-state index contributed by atoms with van der Waals surface area (Å²) in [6.45, 7) is 1.96. The molecule has 0 bridgehead atoms. The molecule has 3 rings (SSSR count). The van der Waals surface area contributed by atoms with Gasteiger partial charge in [0, 0.05) is 5.69 Å². The number of nitrogens with one attached hydrogen (secondary N) is 1. The number of amides is 2. The van der Waals surface area contributed by atoms with E-state index >= 15 is 0 Å². The highest BCUT2D eigenvalue weighted by molar-refractivity contribution is 6.53. The number of anilines is 2. The van der Waals surface area contributed by atoms with Gasteiger partial charge in [-0.05, 0) is 31.2 Å². The molecule has 0 aromatic heterocycles. The van der Waals surface area contributed by atoms with Gasteiger partial charge in [0.25, 0.3) is 11.8 Å². The quantitative estimate of drug-likeness (QED) is 0.865. The molecule has 0 saturated heterocycles. The lowest BCUT2D eigenvalue weighted by molar-refractivity contribution is -0.120. The van der Waals surface area contributed by atoms with E-state index in [9.17, 15) is 9.59 Å². The zero-order valence-corrected chi connectivity index (χ0v) is 13.9. The molecule has 0 radical (unpaired) electrons. The molecule has 6 heteroatoms. The lowest BCUT2D eigenvalue weighted by atomic mass is 10.2. The van der Waals surface area contributed by atoms with E-state index in [1.165, 1.54) is 7.11 Å². The highest BCUT2D eigenvalue weighted by atomic mass is 35.5. The maximum absolute atomic E-state index is 12.7. The summed E-state index contributed by atoms with van der Waals surface area (Å²) >= 11 is 6.11. The lowest BCUT2D eigenvalue weighted by Gasteiger charge is -2.17. The number of hydrogen-bond donors (Lipinski definition) is 1. The zero-order chi connectivity index (χ0) is 17.3. The Morgan fingerprint density at radius 1 is 1.00 bits per heavy atom. The Labute approximate surface area is 144 Å². The van der Waals surface area contributed by atoms with Crippen LogP contribution in [-0.4, -0.2) is 18.9 Å². The summed E-state index contributed by atoms with van der Waals surface area (Å²) in [5, 5.41) is 2.78. The van der Waals surface area contributed by atoms with E-state index in [0.29, 0.717) is 17.1 Å². The van der Waals surface area contributed by atoms with Gasteiger partial charge in [0.2, 0.25) is 0 Å². The van der Waals surface area contributed by atoms with Crippen LogP contribution in [-0.2, 0) is 9.59 Å². The van der Waals surface area contributed by atoms with Gasteiger partial charge in [-0.15, -0.1) is 0 Å². The minimum absolute atomic E-state index is 0.0522. The van der Waals surface area contributed by atoms with Crippen molar-refractivity contribution in [2.75, 3.05) is 17.3 Å². The van der Waals surface area contributed by atoms with Gasteiger partial charge in [-0.2, -0.15) is 0 Å². The molecule has 0 spiro atoms. The number of rotatable bonds is 4. The first-order valence-corrected chi connectivity index (χ1v) is 7.66. The Morgan fingerprint density at radius 3 is 2.33 bits per heavy atom. The molecule has 1 N–H and O–H groups in total. The van der Waals surface area contributed by atoms with Crippen molar-refractivity contribution in [1.29, 1.82) is 0 Å². The third kappa shape index (κ3) is 2.74. The SMILES string of the molecule is COc1ccccc1N1C(=O)C(Cl)=C(Nc2ccc(C)cc2)C1=O. The van der Waals surface area contributed by atoms with Crippen molar-refractivity contribution >= 4 is 34.8 Å².